The van der Waals surface area contributed by atoms with E-state index in [9.17, 15) is 20.0 Å². The predicted molar refractivity (Wildman–Crippen MR) is 90.3 cm³/mol. The van der Waals surface area contributed by atoms with Gasteiger partial charge in [-0.1, -0.05) is 18.2 Å². The predicted octanol–water partition coefficient (Wildman–Crippen LogP) is 2.00. The largest absolute Gasteiger partial charge is 0.493 e. The maximum absolute atomic E-state index is 12.9. The van der Waals surface area contributed by atoms with E-state index in [0.29, 0.717) is 28.7 Å². The van der Waals surface area contributed by atoms with Crippen molar-refractivity contribution < 1.29 is 10.0 Å². The van der Waals surface area contributed by atoms with Gasteiger partial charge in [0.05, 0.1) is 28.1 Å². The number of imidazole rings is 1. The van der Waals surface area contributed by atoms with E-state index >= 15 is 0 Å². The van der Waals surface area contributed by atoms with Crippen molar-refractivity contribution in [1.29, 1.82) is 0 Å². The van der Waals surface area contributed by atoms with Crippen LogP contribution < -0.4 is 11.0 Å². The summed E-state index contributed by atoms with van der Waals surface area (Å²) < 4.78 is 2.90. The third-order valence-electron chi connectivity index (χ3n) is 5.22. The van der Waals surface area contributed by atoms with E-state index in [0.717, 1.165) is 6.42 Å². The van der Waals surface area contributed by atoms with Gasteiger partial charge in [0, 0.05) is 18.0 Å². The van der Waals surface area contributed by atoms with Gasteiger partial charge in [0.25, 0.3) is 5.69 Å². The second-order valence-corrected chi connectivity index (χ2v) is 6.45. The number of nitrogens with zero attached hydrogens (tertiary/aromatic N) is 3. The van der Waals surface area contributed by atoms with Gasteiger partial charge in [0.2, 0.25) is 5.88 Å². The number of nitrogens with one attached hydrogen (secondary N) is 1. The smallest absolute Gasteiger partial charge is 0.336 e. The van der Waals surface area contributed by atoms with E-state index in [1.54, 1.807) is 28.8 Å². The van der Waals surface area contributed by atoms with Crippen molar-refractivity contribution in [3.05, 3.63) is 62.7 Å². The van der Waals surface area contributed by atoms with E-state index < -0.39 is 4.92 Å². The minimum absolute atomic E-state index is 0.0248. The van der Waals surface area contributed by atoms with Gasteiger partial charge in [-0.25, -0.2) is 9.36 Å². The van der Waals surface area contributed by atoms with Crippen molar-refractivity contribution in [1.82, 2.24) is 14.5 Å². The molecule has 3 aromatic rings. The molecule has 2 aliphatic rings. The highest BCUT2D eigenvalue weighted by molar-refractivity contribution is 5.97. The van der Waals surface area contributed by atoms with E-state index in [2.05, 4.69) is 5.32 Å². The quantitative estimate of drug-likeness (QED) is 0.549. The summed E-state index contributed by atoms with van der Waals surface area (Å²) in [6.45, 7) is 0.710. The fraction of sp³-hybridized carbons (Fsp3) is 0.235. The number of fused-ring (bicyclic) bond motifs is 6. The minimum atomic E-state index is -0.446. The molecule has 2 aliphatic heterocycles. The van der Waals surface area contributed by atoms with E-state index in [1.165, 1.54) is 16.7 Å². The van der Waals surface area contributed by atoms with Crippen molar-refractivity contribution in [2.24, 2.45) is 0 Å². The van der Waals surface area contributed by atoms with Crippen LogP contribution in [0.5, 0.6) is 5.88 Å². The highest BCUT2D eigenvalue weighted by Gasteiger charge is 2.42. The minimum Gasteiger partial charge on any atom is -0.493 e. The standard InChI is InChI=1S/C17H14N4O4/c22-16-15-12-7-9(8-18-12)19(15)17(23)20(16)13-5-6-14(21(24)25)11-4-2-1-3-10(11)13/h1-6,9,12,18,22H,7-8H2/t9-,12-/m1/s1. The monoisotopic (exact) mass is 338 g/mol. The highest BCUT2D eigenvalue weighted by atomic mass is 16.6. The summed E-state index contributed by atoms with van der Waals surface area (Å²) in [5, 5.41) is 26.3. The van der Waals surface area contributed by atoms with Crippen molar-refractivity contribution in [3.8, 4) is 11.6 Å². The van der Waals surface area contributed by atoms with Crippen LogP contribution in [0.4, 0.5) is 5.69 Å². The average Bonchev–Trinajstić information content (AvgIpc) is 3.28. The van der Waals surface area contributed by atoms with E-state index in [4.69, 9.17) is 0 Å². The van der Waals surface area contributed by atoms with Gasteiger partial charge >= 0.3 is 5.69 Å². The number of nitro groups is 1. The van der Waals surface area contributed by atoms with Crippen LogP contribution in [0.1, 0.15) is 24.2 Å². The van der Waals surface area contributed by atoms with Crippen LogP contribution in [0.2, 0.25) is 0 Å². The normalized spacial score (nSPS) is 21.0. The first-order valence-corrected chi connectivity index (χ1v) is 8.04. The molecule has 0 amide bonds. The van der Waals surface area contributed by atoms with Gasteiger partial charge in [-0.3, -0.25) is 14.7 Å². The summed E-state index contributed by atoms with van der Waals surface area (Å²) in [7, 11) is 0. The average molecular weight is 338 g/mol. The van der Waals surface area contributed by atoms with Gasteiger partial charge in [0.15, 0.2) is 0 Å². The molecule has 1 aromatic heterocycles. The van der Waals surface area contributed by atoms with Gasteiger partial charge in [-0.15, -0.1) is 0 Å². The summed E-state index contributed by atoms with van der Waals surface area (Å²) in [6.07, 6.45) is 0.806. The number of non-ortho nitro benzene ring substituents is 1. The fourth-order valence-corrected chi connectivity index (χ4v) is 4.16. The molecule has 0 spiro atoms. The molecule has 8 nitrogen and oxygen atoms in total. The maximum Gasteiger partial charge on any atom is 0.336 e. The SMILES string of the molecule is O=c1n(-c2ccc([N+](=O)[O-])c3ccccc23)c(O)c2n1[C@H]1CN[C@@H]2C1. The van der Waals surface area contributed by atoms with Crippen LogP contribution in [0, 0.1) is 10.1 Å². The first-order valence-electron chi connectivity index (χ1n) is 8.04. The molecule has 3 heterocycles. The Morgan fingerprint density at radius 2 is 1.96 bits per heavy atom. The summed E-state index contributed by atoms with van der Waals surface area (Å²) in [5.41, 5.74) is 0.717. The Hall–Kier alpha value is -3.13. The van der Waals surface area contributed by atoms with Crippen LogP contribution in [-0.4, -0.2) is 25.7 Å². The summed E-state index contributed by atoms with van der Waals surface area (Å²) in [4.78, 5) is 23.8. The summed E-state index contributed by atoms with van der Waals surface area (Å²) in [5.74, 6) is -0.0938. The lowest BCUT2D eigenvalue weighted by molar-refractivity contribution is -0.383. The second kappa shape index (κ2) is 4.70. The molecule has 8 heteroatoms. The van der Waals surface area contributed by atoms with Crippen LogP contribution in [0.25, 0.3) is 16.5 Å². The Balaban J connectivity index is 1.84. The molecule has 1 saturated heterocycles. The zero-order valence-electron chi connectivity index (χ0n) is 13.0. The van der Waals surface area contributed by atoms with E-state index in [-0.39, 0.29) is 29.3 Å². The molecule has 25 heavy (non-hydrogen) atoms. The van der Waals surface area contributed by atoms with Gasteiger partial charge in [0.1, 0.15) is 5.69 Å². The Morgan fingerprint density at radius 1 is 1.20 bits per heavy atom. The van der Waals surface area contributed by atoms with E-state index in [1.807, 2.05) is 0 Å². The third-order valence-corrected chi connectivity index (χ3v) is 5.22. The number of hydrogen-bond donors (Lipinski definition) is 2. The van der Waals surface area contributed by atoms with Crippen LogP contribution in [0.3, 0.4) is 0 Å². The molecular weight excluding hydrogens is 324 g/mol. The third kappa shape index (κ3) is 1.71. The molecule has 0 saturated carbocycles. The number of benzene rings is 2. The van der Waals surface area contributed by atoms with Crippen LogP contribution in [0.15, 0.2) is 41.2 Å². The number of rotatable bonds is 2. The lowest BCUT2D eigenvalue weighted by Crippen LogP contribution is -2.31. The first-order chi connectivity index (χ1) is 12.1. The van der Waals surface area contributed by atoms with Crippen molar-refractivity contribution in [3.63, 3.8) is 0 Å². The molecule has 2 bridgehead atoms. The number of hydrogen-bond acceptors (Lipinski definition) is 5. The Morgan fingerprint density at radius 3 is 2.68 bits per heavy atom. The molecule has 1 fully saturated rings. The zero-order valence-corrected chi connectivity index (χ0v) is 13.0. The molecule has 0 unspecified atom stereocenters. The summed E-state index contributed by atoms with van der Waals surface area (Å²) in [6, 6.07) is 9.75. The molecule has 5 rings (SSSR count). The first kappa shape index (κ1) is 14.2. The number of nitro benzene ring substituents is 1. The molecule has 0 aliphatic carbocycles. The topological polar surface area (TPSA) is 102 Å². The Labute approximate surface area is 141 Å². The lowest BCUT2D eigenvalue weighted by Gasteiger charge is -2.13. The highest BCUT2D eigenvalue weighted by Crippen LogP contribution is 2.43. The van der Waals surface area contributed by atoms with Gasteiger partial charge < -0.3 is 10.4 Å². The van der Waals surface area contributed by atoms with Crippen molar-refractivity contribution in [2.75, 3.05) is 6.54 Å². The van der Waals surface area contributed by atoms with Crippen LogP contribution in [-0.2, 0) is 0 Å². The number of aromatic nitrogens is 2. The molecule has 0 radical (unpaired) electrons. The fourth-order valence-electron chi connectivity index (χ4n) is 4.16. The van der Waals surface area contributed by atoms with Crippen molar-refractivity contribution >= 4 is 16.5 Å². The van der Waals surface area contributed by atoms with Gasteiger partial charge in [-0.2, -0.15) is 0 Å². The second-order valence-electron chi connectivity index (χ2n) is 6.45. The molecule has 2 atom stereocenters. The molecule has 126 valence electrons. The summed E-state index contributed by atoms with van der Waals surface area (Å²) >= 11 is 0. The van der Waals surface area contributed by atoms with Crippen molar-refractivity contribution in [2.45, 2.75) is 18.5 Å². The van der Waals surface area contributed by atoms with Gasteiger partial charge in [-0.05, 0) is 18.6 Å². The van der Waals surface area contributed by atoms with Crippen LogP contribution >= 0.6 is 0 Å². The lowest BCUT2D eigenvalue weighted by atomic mass is 10.1. The zero-order chi connectivity index (χ0) is 17.3. The number of aromatic hydroxyl groups is 1. The molecular formula is C17H14N4O4. The Bertz CT molecular complexity index is 1110. The molecule has 2 aromatic carbocycles. The maximum atomic E-state index is 12.9. The Kier molecular flexibility index (Phi) is 2.68. The molecule has 2 N–H and O–H groups in total.